The van der Waals surface area contributed by atoms with Gasteiger partial charge in [0.25, 0.3) is 0 Å². The number of allylic oxidation sites excluding steroid dienone is 1. The molecule has 1 fully saturated rings. The van der Waals surface area contributed by atoms with E-state index in [9.17, 15) is 0 Å². The largest absolute Gasteiger partial charge is 0.310 e. The van der Waals surface area contributed by atoms with E-state index in [4.69, 9.17) is 0 Å². The van der Waals surface area contributed by atoms with Crippen molar-refractivity contribution in [3.63, 3.8) is 0 Å². The summed E-state index contributed by atoms with van der Waals surface area (Å²) >= 11 is 0. The van der Waals surface area contributed by atoms with Gasteiger partial charge in [-0.2, -0.15) is 0 Å². The van der Waals surface area contributed by atoms with E-state index in [1.165, 1.54) is 64.6 Å². The summed E-state index contributed by atoms with van der Waals surface area (Å²) in [6.45, 7) is 3.79. The molecule has 2 aliphatic rings. The van der Waals surface area contributed by atoms with Crippen LogP contribution in [-0.2, 0) is 0 Å². The normalized spacial score (nSPS) is 30.8. The molecule has 0 aromatic heterocycles. The zero-order valence-electron chi connectivity index (χ0n) is 11.3. The molecule has 1 N–H and O–H groups in total. The highest BCUT2D eigenvalue weighted by atomic mass is 15.1. The second-order valence-electron chi connectivity index (χ2n) is 5.83. The first-order valence-electron chi connectivity index (χ1n) is 7.43. The first-order valence-corrected chi connectivity index (χ1v) is 7.43. The smallest absolute Gasteiger partial charge is 0.0250 e. The molecule has 1 aliphatic heterocycles. The van der Waals surface area contributed by atoms with Gasteiger partial charge in [0.1, 0.15) is 0 Å². The summed E-state index contributed by atoms with van der Waals surface area (Å²) in [5.41, 5.74) is 0. The Hall–Kier alpha value is -0.340. The van der Waals surface area contributed by atoms with Gasteiger partial charge in [0.15, 0.2) is 0 Å². The molecule has 17 heavy (non-hydrogen) atoms. The van der Waals surface area contributed by atoms with Gasteiger partial charge in [-0.1, -0.05) is 25.0 Å². The van der Waals surface area contributed by atoms with Gasteiger partial charge in [-0.15, -0.1) is 0 Å². The summed E-state index contributed by atoms with van der Waals surface area (Å²) < 4.78 is 0. The van der Waals surface area contributed by atoms with Gasteiger partial charge in [-0.05, 0) is 64.7 Å². The minimum Gasteiger partial charge on any atom is -0.310 e. The Kier molecular flexibility index (Phi) is 5.53. The minimum absolute atomic E-state index is 0.648. The molecular weight excluding hydrogens is 208 g/mol. The molecule has 0 bridgehead atoms. The third-order valence-corrected chi connectivity index (χ3v) is 4.26. The maximum absolute atomic E-state index is 3.77. The van der Waals surface area contributed by atoms with Crippen LogP contribution in [0.1, 0.15) is 44.9 Å². The third-order valence-electron chi connectivity index (χ3n) is 4.26. The van der Waals surface area contributed by atoms with Crippen LogP contribution in [0.4, 0.5) is 0 Å². The van der Waals surface area contributed by atoms with Crippen LogP contribution in [-0.4, -0.2) is 37.6 Å². The Morgan fingerprint density at radius 3 is 2.76 bits per heavy atom. The van der Waals surface area contributed by atoms with Crippen LogP contribution in [0.2, 0.25) is 0 Å². The third kappa shape index (κ3) is 4.81. The standard InChI is InChI=1S/C15H28N2/c1-17-11-9-14(10-12-17)13-16-15-7-5-3-2-4-6-8-15/h5,7,14-16H,2-4,6,8-13H2,1H3/b7-5+. The highest BCUT2D eigenvalue weighted by Crippen LogP contribution is 2.16. The molecule has 98 valence electrons. The van der Waals surface area contributed by atoms with Gasteiger partial charge in [0.2, 0.25) is 0 Å². The molecule has 0 saturated carbocycles. The van der Waals surface area contributed by atoms with Crippen LogP contribution >= 0.6 is 0 Å². The van der Waals surface area contributed by atoms with E-state index in [-0.39, 0.29) is 0 Å². The fourth-order valence-electron chi connectivity index (χ4n) is 2.91. The summed E-state index contributed by atoms with van der Waals surface area (Å²) in [6.07, 6.45) is 14.4. The zero-order chi connectivity index (χ0) is 11.9. The van der Waals surface area contributed by atoms with Crippen molar-refractivity contribution >= 4 is 0 Å². The number of hydrogen-bond donors (Lipinski definition) is 1. The molecular formula is C15H28N2. The van der Waals surface area contributed by atoms with Crippen LogP contribution in [0.3, 0.4) is 0 Å². The molecule has 0 radical (unpaired) electrons. The van der Waals surface area contributed by atoms with Gasteiger partial charge >= 0.3 is 0 Å². The molecule has 2 nitrogen and oxygen atoms in total. The van der Waals surface area contributed by atoms with Crippen LogP contribution in [0.15, 0.2) is 12.2 Å². The molecule has 2 rings (SSSR count). The number of hydrogen-bond acceptors (Lipinski definition) is 2. The summed E-state index contributed by atoms with van der Waals surface area (Å²) in [7, 11) is 2.24. The molecule has 1 aliphatic carbocycles. The molecule has 0 amide bonds. The first-order chi connectivity index (χ1) is 8.34. The average molecular weight is 236 g/mol. The van der Waals surface area contributed by atoms with Crippen LogP contribution in [0.5, 0.6) is 0 Å². The van der Waals surface area contributed by atoms with Gasteiger partial charge in [-0.25, -0.2) is 0 Å². The predicted molar refractivity (Wildman–Crippen MR) is 74.2 cm³/mol. The van der Waals surface area contributed by atoms with Crippen LogP contribution in [0, 0.1) is 5.92 Å². The molecule has 0 aromatic rings. The summed E-state index contributed by atoms with van der Waals surface area (Å²) in [4.78, 5) is 2.45. The highest BCUT2D eigenvalue weighted by Gasteiger charge is 2.17. The van der Waals surface area contributed by atoms with E-state index in [1.54, 1.807) is 0 Å². The fourth-order valence-corrected chi connectivity index (χ4v) is 2.91. The van der Waals surface area contributed by atoms with Crippen molar-refractivity contribution in [2.75, 3.05) is 26.7 Å². The van der Waals surface area contributed by atoms with E-state index in [2.05, 4.69) is 29.4 Å². The van der Waals surface area contributed by atoms with Crippen molar-refractivity contribution in [2.45, 2.75) is 51.0 Å². The second kappa shape index (κ2) is 7.17. The van der Waals surface area contributed by atoms with Crippen LogP contribution in [0.25, 0.3) is 0 Å². The van der Waals surface area contributed by atoms with Gasteiger partial charge in [0, 0.05) is 6.04 Å². The Morgan fingerprint density at radius 1 is 1.12 bits per heavy atom. The number of rotatable bonds is 3. The van der Waals surface area contributed by atoms with E-state index < -0.39 is 0 Å². The summed E-state index contributed by atoms with van der Waals surface area (Å²) in [5.74, 6) is 0.907. The van der Waals surface area contributed by atoms with E-state index in [0.717, 1.165) is 5.92 Å². The van der Waals surface area contributed by atoms with Crippen molar-refractivity contribution in [3.8, 4) is 0 Å². The predicted octanol–water partition coefficient (Wildman–Crippen LogP) is 2.81. The lowest BCUT2D eigenvalue weighted by Crippen LogP contribution is -2.38. The molecule has 2 heteroatoms. The first kappa shape index (κ1) is 13.1. The highest BCUT2D eigenvalue weighted by molar-refractivity contribution is 4.94. The Balaban J connectivity index is 1.67. The quantitative estimate of drug-likeness (QED) is 0.758. The van der Waals surface area contributed by atoms with Crippen molar-refractivity contribution in [3.05, 3.63) is 12.2 Å². The lowest BCUT2D eigenvalue weighted by Gasteiger charge is -2.30. The van der Waals surface area contributed by atoms with Gasteiger partial charge < -0.3 is 10.2 Å². The molecule has 0 aromatic carbocycles. The zero-order valence-corrected chi connectivity index (χ0v) is 11.3. The SMILES string of the molecule is CN1CCC(CNC2/C=C/CCCCC2)CC1. The Morgan fingerprint density at radius 2 is 1.94 bits per heavy atom. The fraction of sp³-hybridized carbons (Fsp3) is 0.867. The average Bonchev–Trinajstić information content (AvgIpc) is 2.30. The van der Waals surface area contributed by atoms with Gasteiger partial charge in [0.05, 0.1) is 0 Å². The number of likely N-dealkylation sites (tertiary alicyclic amines) is 1. The van der Waals surface area contributed by atoms with E-state index >= 15 is 0 Å². The molecule has 1 saturated heterocycles. The molecule has 1 unspecified atom stereocenters. The number of nitrogens with zero attached hydrogens (tertiary/aromatic N) is 1. The summed E-state index contributed by atoms with van der Waals surface area (Å²) in [6, 6.07) is 0.648. The molecule has 1 atom stereocenters. The van der Waals surface area contributed by atoms with Crippen LogP contribution < -0.4 is 5.32 Å². The molecule has 0 spiro atoms. The van der Waals surface area contributed by atoms with Crippen molar-refractivity contribution < 1.29 is 0 Å². The Labute approximate surface area is 106 Å². The van der Waals surface area contributed by atoms with Crippen molar-refractivity contribution in [1.29, 1.82) is 0 Å². The number of piperidine rings is 1. The maximum atomic E-state index is 3.77. The molecule has 1 heterocycles. The second-order valence-corrected chi connectivity index (χ2v) is 5.83. The van der Waals surface area contributed by atoms with Crippen molar-refractivity contribution in [2.24, 2.45) is 5.92 Å². The van der Waals surface area contributed by atoms with E-state index in [0.29, 0.717) is 6.04 Å². The minimum atomic E-state index is 0.648. The lowest BCUT2D eigenvalue weighted by atomic mass is 9.96. The number of nitrogens with one attached hydrogen (secondary N) is 1. The topological polar surface area (TPSA) is 15.3 Å². The van der Waals surface area contributed by atoms with Gasteiger partial charge in [-0.3, -0.25) is 0 Å². The van der Waals surface area contributed by atoms with Crippen molar-refractivity contribution in [1.82, 2.24) is 10.2 Å². The van der Waals surface area contributed by atoms with E-state index in [1.807, 2.05) is 0 Å². The summed E-state index contributed by atoms with van der Waals surface area (Å²) in [5, 5.41) is 3.77. The lowest BCUT2D eigenvalue weighted by molar-refractivity contribution is 0.213. The monoisotopic (exact) mass is 236 g/mol. The maximum Gasteiger partial charge on any atom is 0.0250 e. The Bertz CT molecular complexity index is 229.